The van der Waals surface area contributed by atoms with E-state index in [0.717, 1.165) is 0 Å². The highest BCUT2D eigenvalue weighted by Gasteiger charge is 2.12. The van der Waals surface area contributed by atoms with E-state index >= 15 is 0 Å². The Bertz CT molecular complexity index is 946. The number of primary amides is 1. The van der Waals surface area contributed by atoms with Gasteiger partial charge in [0.1, 0.15) is 17.4 Å². The Balaban J connectivity index is 2.16. The molecule has 0 fully saturated rings. The van der Waals surface area contributed by atoms with E-state index in [0.29, 0.717) is 35.1 Å². The molecule has 2 aromatic rings. The zero-order valence-corrected chi connectivity index (χ0v) is 16.1. The molecule has 2 amide bonds. The molecule has 0 heterocycles. The number of methoxy groups -OCH3 is 1. The molecular formula is C21H21N3O5. The van der Waals surface area contributed by atoms with Crippen molar-refractivity contribution >= 4 is 23.6 Å². The Morgan fingerprint density at radius 3 is 2.45 bits per heavy atom. The van der Waals surface area contributed by atoms with Gasteiger partial charge >= 0.3 is 0 Å². The lowest BCUT2D eigenvalue weighted by molar-refractivity contribution is -0.120. The molecule has 8 nitrogen and oxygen atoms in total. The second kappa shape index (κ2) is 10.4. The van der Waals surface area contributed by atoms with Crippen LogP contribution in [0.1, 0.15) is 12.5 Å². The van der Waals surface area contributed by atoms with Crippen LogP contribution in [0, 0.1) is 11.3 Å². The summed E-state index contributed by atoms with van der Waals surface area (Å²) < 4.78 is 15.8. The van der Waals surface area contributed by atoms with Gasteiger partial charge in [-0.1, -0.05) is 6.07 Å². The monoisotopic (exact) mass is 395 g/mol. The van der Waals surface area contributed by atoms with Gasteiger partial charge in [-0.3, -0.25) is 9.59 Å². The lowest BCUT2D eigenvalue weighted by Crippen LogP contribution is -2.20. The summed E-state index contributed by atoms with van der Waals surface area (Å²) in [7, 11) is 1.43. The van der Waals surface area contributed by atoms with Crippen molar-refractivity contribution in [3.8, 4) is 23.3 Å². The van der Waals surface area contributed by atoms with Crippen molar-refractivity contribution in [1.82, 2.24) is 0 Å². The third-order valence-electron chi connectivity index (χ3n) is 3.66. The predicted molar refractivity (Wildman–Crippen MR) is 108 cm³/mol. The van der Waals surface area contributed by atoms with Gasteiger partial charge in [0.05, 0.1) is 13.7 Å². The summed E-state index contributed by atoms with van der Waals surface area (Å²) in [5.41, 5.74) is 6.06. The van der Waals surface area contributed by atoms with Crippen LogP contribution < -0.4 is 25.3 Å². The number of nitrogens with two attached hydrogens (primary N) is 1. The molecule has 2 rings (SSSR count). The van der Waals surface area contributed by atoms with E-state index in [4.69, 9.17) is 19.9 Å². The van der Waals surface area contributed by atoms with E-state index < -0.39 is 11.8 Å². The summed E-state index contributed by atoms with van der Waals surface area (Å²) in [6.07, 6.45) is 1.42. The molecule has 0 unspecified atom stereocenters. The number of hydrogen-bond donors (Lipinski definition) is 2. The molecule has 150 valence electrons. The number of nitrogens with zero attached hydrogens (tertiary/aromatic N) is 1. The predicted octanol–water partition coefficient (Wildman–Crippen LogP) is 2.50. The van der Waals surface area contributed by atoms with Gasteiger partial charge in [0.15, 0.2) is 18.1 Å². The maximum atomic E-state index is 12.4. The number of carbonyl (C=O) groups is 2. The van der Waals surface area contributed by atoms with E-state index in [2.05, 4.69) is 5.32 Å². The van der Waals surface area contributed by atoms with E-state index in [1.165, 1.54) is 13.2 Å². The first-order valence-electron chi connectivity index (χ1n) is 8.72. The molecule has 0 aliphatic carbocycles. The zero-order chi connectivity index (χ0) is 21.2. The van der Waals surface area contributed by atoms with Crippen LogP contribution in [0.5, 0.6) is 17.2 Å². The van der Waals surface area contributed by atoms with Crippen LogP contribution in [0.25, 0.3) is 6.08 Å². The zero-order valence-electron chi connectivity index (χ0n) is 16.1. The molecule has 0 spiro atoms. The van der Waals surface area contributed by atoms with Crippen LogP contribution in [0.3, 0.4) is 0 Å². The van der Waals surface area contributed by atoms with Crippen LogP contribution in [-0.2, 0) is 9.59 Å². The number of anilines is 1. The number of nitriles is 1. The van der Waals surface area contributed by atoms with E-state index in [-0.39, 0.29) is 12.2 Å². The Labute approximate surface area is 168 Å². The number of benzene rings is 2. The summed E-state index contributed by atoms with van der Waals surface area (Å²) in [6, 6.07) is 13.5. The van der Waals surface area contributed by atoms with Crippen molar-refractivity contribution in [2.24, 2.45) is 5.73 Å². The fourth-order valence-electron chi connectivity index (χ4n) is 2.36. The number of carbonyl (C=O) groups excluding carboxylic acids is 2. The molecule has 0 aromatic heterocycles. The normalized spacial score (nSPS) is 10.6. The molecule has 0 aliphatic rings. The molecule has 0 radical (unpaired) electrons. The topological polar surface area (TPSA) is 124 Å². The van der Waals surface area contributed by atoms with Gasteiger partial charge in [0, 0.05) is 5.69 Å². The number of hydrogen-bond acceptors (Lipinski definition) is 6. The van der Waals surface area contributed by atoms with Crippen molar-refractivity contribution in [3.63, 3.8) is 0 Å². The van der Waals surface area contributed by atoms with Gasteiger partial charge in [0.25, 0.3) is 11.8 Å². The largest absolute Gasteiger partial charge is 0.494 e. The van der Waals surface area contributed by atoms with E-state index in [9.17, 15) is 14.9 Å². The van der Waals surface area contributed by atoms with Crippen LogP contribution in [0.4, 0.5) is 5.69 Å². The maximum Gasteiger partial charge on any atom is 0.266 e. The van der Waals surface area contributed by atoms with Crippen molar-refractivity contribution in [2.75, 3.05) is 25.6 Å². The molecular weight excluding hydrogens is 374 g/mol. The highest BCUT2D eigenvalue weighted by molar-refractivity contribution is 6.09. The lowest BCUT2D eigenvalue weighted by atomic mass is 10.1. The molecule has 8 heteroatoms. The minimum absolute atomic E-state index is 0.0910. The van der Waals surface area contributed by atoms with Crippen molar-refractivity contribution < 1.29 is 23.8 Å². The summed E-state index contributed by atoms with van der Waals surface area (Å²) >= 11 is 0. The first-order chi connectivity index (χ1) is 14.0. The van der Waals surface area contributed by atoms with Crippen LogP contribution in [-0.4, -0.2) is 32.1 Å². The molecule has 0 saturated heterocycles. The molecule has 0 saturated carbocycles. The highest BCUT2D eigenvalue weighted by atomic mass is 16.5. The molecule has 3 N–H and O–H groups in total. The first kappa shape index (κ1) is 21.3. The van der Waals surface area contributed by atoms with Crippen molar-refractivity contribution in [2.45, 2.75) is 6.92 Å². The second-order valence-electron chi connectivity index (χ2n) is 5.75. The number of nitrogens with one attached hydrogen (secondary N) is 1. The number of ether oxygens (including phenoxy) is 3. The second-order valence-corrected chi connectivity index (χ2v) is 5.75. The third kappa shape index (κ3) is 6.29. The molecule has 0 bridgehead atoms. The number of amides is 2. The molecule has 0 atom stereocenters. The van der Waals surface area contributed by atoms with Crippen molar-refractivity contribution in [1.29, 1.82) is 5.26 Å². The van der Waals surface area contributed by atoms with E-state index in [1.54, 1.807) is 42.5 Å². The Morgan fingerprint density at radius 2 is 1.86 bits per heavy atom. The highest BCUT2D eigenvalue weighted by Crippen LogP contribution is 2.29. The summed E-state index contributed by atoms with van der Waals surface area (Å²) in [5.74, 6) is 0.177. The summed E-state index contributed by atoms with van der Waals surface area (Å²) in [5, 5.41) is 12.0. The fourth-order valence-corrected chi connectivity index (χ4v) is 2.36. The van der Waals surface area contributed by atoms with E-state index in [1.807, 2.05) is 13.0 Å². The summed E-state index contributed by atoms with van der Waals surface area (Å²) in [4.78, 5) is 23.3. The van der Waals surface area contributed by atoms with Crippen LogP contribution in [0.2, 0.25) is 0 Å². The first-order valence-corrected chi connectivity index (χ1v) is 8.72. The quantitative estimate of drug-likeness (QED) is 0.497. The Morgan fingerprint density at radius 1 is 1.14 bits per heavy atom. The van der Waals surface area contributed by atoms with Crippen molar-refractivity contribution in [3.05, 3.63) is 53.6 Å². The minimum Gasteiger partial charge on any atom is -0.494 e. The standard InChI is InChI=1S/C21H21N3O5/c1-3-28-17-7-5-16(6-8-17)24-21(26)15(12-22)10-14-4-9-18(19(11-14)27-2)29-13-20(23)25/h4-11H,3,13H2,1-2H3,(H2,23,25)(H,24,26)/b15-10+. The number of rotatable bonds is 9. The average Bonchev–Trinajstić information content (AvgIpc) is 2.72. The molecule has 29 heavy (non-hydrogen) atoms. The van der Waals surface area contributed by atoms with Crippen LogP contribution in [0.15, 0.2) is 48.0 Å². The lowest BCUT2D eigenvalue weighted by Gasteiger charge is -2.10. The third-order valence-corrected chi connectivity index (χ3v) is 3.66. The Hall–Kier alpha value is -3.99. The molecule has 0 aliphatic heterocycles. The van der Waals surface area contributed by atoms with Gasteiger partial charge in [-0.2, -0.15) is 5.26 Å². The smallest absolute Gasteiger partial charge is 0.266 e. The Kier molecular flexibility index (Phi) is 7.62. The SMILES string of the molecule is CCOc1ccc(NC(=O)/C(C#N)=C/c2ccc(OCC(N)=O)c(OC)c2)cc1. The average molecular weight is 395 g/mol. The van der Waals surface area contributed by atoms with Gasteiger partial charge in [-0.05, 0) is 55.0 Å². The van der Waals surface area contributed by atoms with Gasteiger partial charge in [-0.25, -0.2) is 0 Å². The van der Waals surface area contributed by atoms with Gasteiger partial charge in [0.2, 0.25) is 0 Å². The maximum absolute atomic E-state index is 12.4. The minimum atomic E-state index is -0.617. The van der Waals surface area contributed by atoms with Gasteiger partial charge < -0.3 is 25.3 Å². The van der Waals surface area contributed by atoms with Gasteiger partial charge in [-0.15, -0.1) is 0 Å². The molecule has 2 aromatic carbocycles. The summed E-state index contributed by atoms with van der Waals surface area (Å²) in [6.45, 7) is 2.13. The van der Waals surface area contributed by atoms with Crippen LogP contribution >= 0.6 is 0 Å². The fraction of sp³-hybridized carbons (Fsp3) is 0.190.